The number of nitrogens with zero attached hydrogens (tertiary/aromatic N) is 1. The van der Waals surface area contributed by atoms with Crippen LogP contribution >= 0.6 is 23.1 Å². The lowest BCUT2D eigenvalue weighted by molar-refractivity contribution is -0.148. The van der Waals surface area contributed by atoms with Gasteiger partial charge in [-0.05, 0) is 51.9 Å². The molecule has 6 nitrogen and oxygen atoms in total. The summed E-state index contributed by atoms with van der Waals surface area (Å²) in [6.07, 6.45) is 11.8. The molecule has 0 aromatic carbocycles. The minimum atomic E-state index is -0.674. The lowest BCUT2D eigenvalue weighted by Gasteiger charge is -2.24. The minimum absolute atomic E-state index is 0.0748. The fourth-order valence-corrected chi connectivity index (χ4v) is 6.22. The van der Waals surface area contributed by atoms with Crippen LogP contribution in [0.1, 0.15) is 89.5 Å². The fraction of sp³-hybridized carbons (Fsp3) is 0.720. The van der Waals surface area contributed by atoms with Gasteiger partial charge in [-0.25, -0.2) is 9.78 Å². The molecule has 1 saturated carbocycles. The van der Waals surface area contributed by atoms with Crippen LogP contribution in [0.2, 0.25) is 0 Å². The molecule has 0 spiro atoms. The third-order valence-corrected chi connectivity index (χ3v) is 8.09. The molecular weight excluding hydrogens is 458 g/mol. The number of hydrogen-bond donors (Lipinski definition) is 1. The van der Waals surface area contributed by atoms with E-state index < -0.39 is 5.60 Å². The van der Waals surface area contributed by atoms with Crippen LogP contribution in [-0.4, -0.2) is 46.1 Å². The fourth-order valence-electron chi connectivity index (χ4n) is 4.32. The van der Waals surface area contributed by atoms with Crippen molar-refractivity contribution in [3.63, 3.8) is 0 Å². The van der Waals surface area contributed by atoms with Crippen LogP contribution < -0.4 is 0 Å². The van der Waals surface area contributed by atoms with E-state index in [9.17, 15) is 14.7 Å². The van der Waals surface area contributed by atoms with Crippen molar-refractivity contribution in [2.45, 2.75) is 95.1 Å². The van der Waals surface area contributed by atoms with Gasteiger partial charge in [-0.3, -0.25) is 4.79 Å². The zero-order valence-electron chi connectivity index (χ0n) is 20.4. The Hall–Kier alpha value is -1.38. The van der Waals surface area contributed by atoms with Gasteiger partial charge in [0.15, 0.2) is 10.0 Å². The molecule has 4 atom stereocenters. The Morgan fingerprint density at radius 2 is 2.12 bits per heavy atom. The van der Waals surface area contributed by atoms with Crippen LogP contribution in [-0.2, 0) is 14.3 Å². The van der Waals surface area contributed by atoms with E-state index in [4.69, 9.17) is 9.47 Å². The highest BCUT2D eigenvalue weighted by molar-refractivity contribution is 8.01. The summed E-state index contributed by atoms with van der Waals surface area (Å²) >= 11 is 3.07. The number of carbonyl (C=O) groups is 2. The molecule has 0 radical (unpaired) electrons. The van der Waals surface area contributed by atoms with E-state index in [-0.39, 0.29) is 24.0 Å². The molecule has 0 bridgehead atoms. The first-order valence-corrected chi connectivity index (χ1v) is 13.9. The molecule has 0 saturated heterocycles. The largest absolute Gasteiger partial charge is 0.462 e. The van der Waals surface area contributed by atoms with Crippen molar-refractivity contribution < 1.29 is 24.2 Å². The summed E-state index contributed by atoms with van der Waals surface area (Å²) in [4.78, 5) is 27.8. The Bertz CT molecular complexity index is 777. The molecule has 1 aromatic rings. The first kappa shape index (κ1) is 27.9. The first-order chi connectivity index (χ1) is 15.8. The van der Waals surface area contributed by atoms with Crippen molar-refractivity contribution in [2.24, 2.45) is 11.8 Å². The maximum atomic E-state index is 11.8. The number of aliphatic hydroxyl groups is 1. The quantitative estimate of drug-likeness (QED) is 0.145. The van der Waals surface area contributed by atoms with E-state index in [0.717, 1.165) is 55.0 Å². The van der Waals surface area contributed by atoms with Gasteiger partial charge in [-0.1, -0.05) is 50.1 Å². The van der Waals surface area contributed by atoms with Crippen LogP contribution in [0.5, 0.6) is 0 Å². The number of hydrogen-bond acceptors (Lipinski definition) is 8. The van der Waals surface area contributed by atoms with Crippen LogP contribution in [0.15, 0.2) is 21.9 Å². The zero-order valence-corrected chi connectivity index (χ0v) is 22.0. The molecule has 0 aliphatic heterocycles. The molecule has 33 heavy (non-hydrogen) atoms. The van der Waals surface area contributed by atoms with Gasteiger partial charge in [-0.2, -0.15) is 0 Å². The van der Waals surface area contributed by atoms with E-state index in [0.29, 0.717) is 24.6 Å². The van der Waals surface area contributed by atoms with Crippen molar-refractivity contribution in [1.29, 1.82) is 0 Å². The highest BCUT2D eigenvalue weighted by Gasteiger charge is 2.36. The number of unbranched alkanes of at least 4 members (excludes halogenated alkanes) is 2. The highest BCUT2D eigenvalue weighted by Crippen LogP contribution is 2.39. The summed E-state index contributed by atoms with van der Waals surface area (Å²) < 4.78 is 11.5. The normalized spacial score (nSPS) is 22.4. The van der Waals surface area contributed by atoms with Crippen molar-refractivity contribution in [2.75, 3.05) is 12.4 Å². The second-order valence-electron chi connectivity index (χ2n) is 9.00. The standard InChI is InChI=1S/C25H39NO5S2/c1-5-7-8-14-25(4,29)15-9-10-19-11-12-22(31-18(3)27)20(19)13-16-32-24-26-21(17-33-24)23(28)30-6-2/h9-10,17,19-20,22,29H,5-8,11-16H2,1-4H3. The minimum Gasteiger partial charge on any atom is -0.462 e. The lowest BCUT2D eigenvalue weighted by Crippen LogP contribution is -2.25. The number of thioether (sulfide) groups is 1. The molecule has 1 heterocycles. The smallest absolute Gasteiger partial charge is 0.357 e. The number of allylic oxidation sites excluding steroid dienone is 1. The maximum absolute atomic E-state index is 11.8. The van der Waals surface area contributed by atoms with Gasteiger partial charge in [0.05, 0.1) is 12.2 Å². The molecule has 1 aromatic heterocycles. The maximum Gasteiger partial charge on any atom is 0.357 e. The summed E-state index contributed by atoms with van der Waals surface area (Å²) in [5, 5.41) is 12.4. The summed E-state index contributed by atoms with van der Waals surface area (Å²) in [5.41, 5.74) is -0.318. The topological polar surface area (TPSA) is 85.7 Å². The lowest BCUT2D eigenvalue weighted by atomic mass is 9.89. The van der Waals surface area contributed by atoms with Gasteiger partial charge < -0.3 is 14.6 Å². The molecule has 0 amide bonds. The number of thiazole rings is 1. The number of aromatic nitrogens is 1. The predicted octanol–water partition coefficient (Wildman–Crippen LogP) is 6.04. The Balaban J connectivity index is 1.92. The van der Waals surface area contributed by atoms with Gasteiger partial charge in [0.2, 0.25) is 0 Å². The second kappa shape index (κ2) is 14.1. The van der Waals surface area contributed by atoms with E-state index in [1.54, 1.807) is 24.1 Å². The average molecular weight is 498 g/mol. The predicted molar refractivity (Wildman–Crippen MR) is 134 cm³/mol. The number of rotatable bonds is 14. The Labute approximate surface area is 206 Å². The number of carbonyl (C=O) groups excluding carboxylic acids is 2. The first-order valence-electron chi connectivity index (χ1n) is 12.1. The van der Waals surface area contributed by atoms with Crippen molar-refractivity contribution in [1.82, 2.24) is 4.98 Å². The molecular formula is C25H39NO5S2. The van der Waals surface area contributed by atoms with E-state index >= 15 is 0 Å². The molecule has 1 N–H and O–H groups in total. The monoisotopic (exact) mass is 497 g/mol. The molecule has 1 fully saturated rings. The van der Waals surface area contributed by atoms with Crippen molar-refractivity contribution in [3.8, 4) is 0 Å². The van der Waals surface area contributed by atoms with Gasteiger partial charge in [0.25, 0.3) is 0 Å². The zero-order chi connectivity index (χ0) is 24.3. The SMILES string of the molecule is CCCCCC(C)(O)CC=CC1CCC(OC(C)=O)C1CCSc1nc(C(=O)OCC)cs1. The van der Waals surface area contributed by atoms with Gasteiger partial charge in [0, 0.05) is 24.0 Å². The van der Waals surface area contributed by atoms with E-state index in [2.05, 4.69) is 24.1 Å². The number of esters is 2. The van der Waals surface area contributed by atoms with Crippen molar-refractivity contribution >= 4 is 35.0 Å². The Kier molecular flexibility index (Phi) is 11.9. The Morgan fingerprint density at radius 1 is 1.33 bits per heavy atom. The molecule has 1 aliphatic carbocycles. The second-order valence-corrected chi connectivity index (χ2v) is 11.2. The van der Waals surface area contributed by atoms with Crippen LogP contribution in [0, 0.1) is 11.8 Å². The van der Waals surface area contributed by atoms with E-state index in [1.807, 2.05) is 6.92 Å². The summed E-state index contributed by atoms with van der Waals surface area (Å²) in [6.45, 7) is 7.66. The van der Waals surface area contributed by atoms with Gasteiger partial charge in [-0.15, -0.1) is 11.3 Å². The molecule has 4 unspecified atom stereocenters. The molecule has 2 rings (SSSR count). The highest BCUT2D eigenvalue weighted by atomic mass is 32.2. The van der Waals surface area contributed by atoms with Crippen molar-refractivity contribution in [3.05, 3.63) is 23.2 Å². The number of ether oxygens (including phenoxy) is 2. The van der Waals surface area contributed by atoms with Crippen LogP contribution in [0.4, 0.5) is 0 Å². The molecule has 186 valence electrons. The van der Waals surface area contributed by atoms with Crippen LogP contribution in [0.25, 0.3) is 0 Å². The summed E-state index contributed by atoms with van der Waals surface area (Å²) in [6, 6.07) is 0. The molecule has 8 heteroatoms. The Morgan fingerprint density at radius 3 is 2.82 bits per heavy atom. The van der Waals surface area contributed by atoms with E-state index in [1.165, 1.54) is 18.3 Å². The average Bonchev–Trinajstić information content (AvgIpc) is 3.36. The van der Waals surface area contributed by atoms with Gasteiger partial charge >= 0.3 is 11.9 Å². The summed E-state index contributed by atoms with van der Waals surface area (Å²) in [7, 11) is 0. The molecule has 1 aliphatic rings. The third-order valence-electron chi connectivity index (χ3n) is 6.03. The summed E-state index contributed by atoms with van der Waals surface area (Å²) in [5.74, 6) is 0.777. The third kappa shape index (κ3) is 9.79. The van der Waals surface area contributed by atoms with Crippen LogP contribution in [0.3, 0.4) is 0 Å². The van der Waals surface area contributed by atoms with Gasteiger partial charge in [0.1, 0.15) is 6.10 Å².